The van der Waals surface area contributed by atoms with Gasteiger partial charge in [0.1, 0.15) is 0 Å². The normalized spacial score (nSPS) is 15.8. The van der Waals surface area contributed by atoms with Crippen molar-refractivity contribution in [1.29, 1.82) is 0 Å². The first-order valence-corrected chi connectivity index (χ1v) is 7.33. The maximum atomic E-state index is 5.05. The van der Waals surface area contributed by atoms with Crippen LogP contribution in [0.4, 0.5) is 0 Å². The zero-order valence-electron chi connectivity index (χ0n) is 12.1. The van der Waals surface area contributed by atoms with Crippen LogP contribution in [0, 0.1) is 0 Å². The summed E-state index contributed by atoms with van der Waals surface area (Å²) in [6, 6.07) is 8.84. The summed E-state index contributed by atoms with van der Waals surface area (Å²) in [5.74, 6) is 0.812. The van der Waals surface area contributed by atoms with Crippen molar-refractivity contribution in [2.45, 2.75) is 32.1 Å². The molecule has 0 aromatic heterocycles. The fraction of sp³-hybridized carbons (Fsp3) is 0.529. The highest BCUT2D eigenvalue weighted by Gasteiger charge is 2.24. The van der Waals surface area contributed by atoms with Gasteiger partial charge in [-0.3, -0.25) is 0 Å². The molecule has 1 aliphatic carbocycles. The van der Waals surface area contributed by atoms with E-state index in [0.717, 1.165) is 32.0 Å². The molecule has 0 radical (unpaired) electrons. The molecule has 2 heteroatoms. The predicted octanol–water partition coefficient (Wildman–Crippen LogP) is 3.59. The number of ether oxygens (including phenoxy) is 1. The van der Waals surface area contributed by atoms with Crippen molar-refractivity contribution in [1.82, 2.24) is 5.32 Å². The van der Waals surface area contributed by atoms with Gasteiger partial charge in [0.05, 0.1) is 6.61 Å². The van der Waals surface area contributed by atoms with Crippen molar-refractivity contribution < 1.29 is 4.74 Å². The highest BCUT2D eigenvalue weighted by molar-refractivity contribution is 5.58. The highest BCUT2D eigenvalue weighted by atomic mass is 16.5. The van der Waals surface area contributed by atoms with Gasteiger partial charge in [0.25, 0.3) is 0 Å². The Balaban J connectivity index is 2.00. The molecule has 2 nitrogen and oxygen atoms in total. The van der Waals surface area contributed by atoms with Gasteiger partial charge in [-0.25, -0.2) is 0 Å². The molecule has 1 aromatic carbocycles. The van der Waals surface area contributed by atoms with Gasteiger partial charge >= 0.3 is 0 Å². The summed E-state index contributed by atoms with van der Waals surface area (Å²) in [7, 11) is 1.74. The third kappa shape index (κ3) is 4.48. The number of hydrogen-bond acceptors (Lipinski definition) is 2. The maximum absolute atomic E-state index is 5.05. The van der Waals surface area contributed by atoms with Crippen LogP contribution in [-0.4, -0.2) is 26.8 Å². The van der Waals surface area contributed by atoms with Crippen LogP contribution in [-0.2, 0) is 4.74 Å². The molecule has 1 aliphatic rings. The lowest BCUT2D eigenvalue weighted by atomic mass is 10.00. The predicted molar refractivity (Wildman–Crippen MR) is 81.4 cm³/mol. The molecule has 1 N–H and O–H groups in total. The monoisotopic (exact) mass is 259 g/mol. The van der Waals surface area contributed by atoms with Gasteiger partial charge in [-0.05, 0) is 36.3 Å². The van der Waals surface area contributed by atoms with Crippen LogP contribution in [0.5, 0.6) is 0 Å². The molecule has 19 heavy (non-hydrogen) atoms. The summed E-state index contributed by atoms with van der Waals surface area (Å²) >= 11 is 0. The van der Waals surface area contributed by atoms with E-state index in [1.165, 1.54) is 29.5 Å². The number of hydrogen-bond donors (Lipinski definition) is 1. The van der Waals surface area contributed by atoms with Crippen LogP contribution >= 0.6 is 0 Å². The molecule has 2 rings (SSSR count). The Labute approximate surface area is 116 Å². The Morgan fingerprint density at radius 2 is 2.16 bits per heavy atom. The largest absolute Gasteiger partial charge is 0.383 e. The lowest BCUT2D eigenvalue weighted by molar-refractivity contribution is 0.200. The molecule has 0 amide bonds. The molecule has 0 unspecified atom stereocenters. The van der Waals surface area contributed by atoms with Crippen LogP contribution in [0.3, 0.4) is 0 Å². The van der Waals surface area contributed by atoms with Crippen LogP contribution in [0.1, 0.15) is 43.2 Å². The first-order chi connectivity index (χ1) is 9.35. The third-order valence-electron chi connectivity index (χ3n) is 3.66. The Morgan fingerprint density at radius 1 is 1.37 bits per heavy atom. The van der Waals surface area contributed by atoms with E-state index in [1.807, 2.05) is 0 Å². The second kappa shape index (κ2) is 7.46. The van der Waals surface area contributed by atoms with Crippen LogP contribution in [0.15, 0.2) is 29.8 Å². The average molecular weight is 259 g/mol. The minimum absolute atomic E-state index is 0.773. The first-order valence-electron chi connectivity index (χ1n) is 7.33. The topological polar surface area (TPSA) is 21.3 Å². The van der Waals surface area contributed by atoms with E-state index in [-0.39, 0.29) is 0 Å². The molecular formula is C17H25NO. The van der Waals surface area contributed by atoms with E-state index < -0.39 is 0 Å². The summed E-state index contributed by atoms with van der Waals surface area (Å²) < 4.78 is 5.05. The van der Waals surface area contributed by atoms with E-state index in [9.17, 15) is 0 Å². The third-order valence-corrected chi connectivity index (χ3v) is 3.66. The number of rotatable bonds is 8. The standard InChI is InChI=1S/C17H25NO/c1-3-14(13-18-10-11-19-2)12-16-6-4-5-7-17(16)15-8-9-15/h4-7,12,15,18H,3,8-11,13H2,1-2H3. The maximum Gasteiger partial charge on any atom is 0.0587 e. The molecule has 1 aromatic rings. The summed E-state index contributed by atoms with van der Waals surface area (Å²) in [5, 5.41) is 3.43. The fourth-order valence-corrected chi connectivity index (χ4v) is 2.33. The Kier molecular flexibility index (Phi) is 5.62. The lowest BCUT2D eigenvalue weighted by Gasteiger charge is -2.09. The lowest BCUT2D eigenvalue weighted by Crippen LogP contribution is -2.21. The molecule has 0 spiro atoms. The second-order valence-electron chi connectivity index (χ2n) is 5.23. The van der Waals surface area contributed by atoms with Crippen LogP contribution in [0.2, 0.25) is 0 Å². The van der Waals surface area contributed by atoms with Crippen molar-refractivity contribution in [3.05, 3.63) is 41.0 Å². The molecular weight excluding hydrogens is 234 g/mol. The van der Waals surface area contributed by atoms with Crippen molar-refractivity contribution in [2.24, 2.45) is 0 Å². The molecule has 0 atom stereocenters. The van der Waals surface area contributed by atoms with E-state index >= 15 is 0 Å². The fourth-order valence-electron chi connectivity index (χ4n) is 2.33. The minimum Gasteiger partial charge on any atom is -0.383 e. The molecule has 0 bridgehead atoms. The van der Waals surface area contributed by atoms with Crippen LogP contribution < -0.4 is 5.32 Å². The number of methoxy groups -OCH3 is 1. The molecule has 1 fully saturated rings. The quantitative estimate of drug-likeness (QED) is 0.720. The highest BCUT2D eigenvalue weighted by Crippen LogP contribution is 2.42. The number of nitrogens with one attached hydrogen (secondary N) is 1. The van der Waals surface area contributed by atoms with E-state index in [0.29, 0.717) is 0 Å². The van der Waals surface area contributed by atoms with Crippen molar-refractivity contribution in [2.75, 3.05) is 26.8 Å². The Hall–Kier alpha value is -1.12. The first kappa shape index (κ1) is 14.3. The van der Waals surface area contributed by atoms with Gasteiger partial charge in [0, 0.05) is 20.2 Å². The SMILES string of the molecule is CCC(=Cc1ccccc1C1CC1)CNCCOC. The smallest absolute Gasteiger partial charge is 0.0587 e. The Morgan fingerprint density at radius 3 is 2.84 bits per heavy atom. The van der Waals surface area contributed by atoms with E-state index in [1.54, 1.807) is 7.11 Å². The van der Waals surface area contributed by atoms with Crippen molar-refractivity contribution in [3.63, 3.8) is 0 Å². The summed E-state index contributed by atoms with van der Waals surface area (Å²) in [6.07, 6.45) is 6.18. The molecule has 0 heterocycles. The van der Waals surface area contributed by atoms with Crippen LogP contribution in [0.25, 0.3) is 6.08 Å². The molecule has 1 saturated carbocycles. The zero-order valence-corrected chi connectivity index (χ0v) is 12.1. The van der Waals surface area contributed by atoms with Gasteiger partial charge in [-0.1, -0.05) is 42.8 Å². The van der Waals surface area contributed by atoms with Gasteiger partial charge in [0.15, 0.2) is 0 Å². The van der Waals surface area contributed by atoms with Gasteiger partial charge < -0.3 is 10.1 Å². The minimum atomic E-state index is 0.773. The molecule has 104 valence electrons. The van der Waals surface area contributed by atoms with Gasteiger partial charge in [-0.15, -0.1) is 0 Å². The summed E-state index contributed by atoms with van der Waals surface area (Å²) in [4.78, 5) is 0. The average Bonchev–Trinajstić information content (AvgIpc) is 3.27. The second-order valence-corrected chi connectivity index (χ2v) is 5.23. The number of benzene rings is 1. The molecule has 0 saturated heterocycles. The zero-order chi connectivity index (χ0) is 13.5. The van der Waals surface area contributed by atoms with E-state index in [2.05, 4.69) is 42.6 Å². The van der Waals surface area contributed by atoms with Crippen molar-refractivity contribution >= 4 is 6.08 Å². The Bertz CT molecular complexity index is 421. The van der Waals surface area contributed by atoms with Crippen molar-refractivity contribution in [3.8, 4) is 0 Å². The van der Waals surface area contributed by atoms with E-state index in [4.69, 9.17) is 4.74 Å². The summed E-state index contributed by atoms with van der Waals surface area (Å²) in [6.45, 7) is 4.87. The molecule has 0 aliphatic heterocycles. The van der Waals surface area contributed by atoms with Gasteiger partial charge in [-0.2, -0.15) is 0 Å². The summed E-state index contributed by atoms with van der Waals surface area (Å²) in [5.41, 5.74) is 4.41. The van der Waals surface area contributed by atoms with Gasteiger partial charge in [0.2, 0.25) is 0 Å².